The molecule has 0 aliphatic rings. The maximum atomic E-state index is 12.2. The molecule has 0 saturated heterocycles. The average Bonchev–Trinajstić information content (AvgIpc) is 2.65. The van der Waals surface area contributed by atoms with Gasteiger partial charge in [0.1, 0.15) is 11.3 Å². The van der Waals surface area contributed by atoms with Crippen LogP contribution in [-0.2, 0) is 9.53 Å². The second-order valence-electron chi connectivity index (χ2n) is 6.29. The van der Waals surface area contributed by atoms with Crippen LogP contribution in [0, 0.1) is 13.8 Å². The molecule has 7 nitrogen and oxygen atoms in total. The number of nitrogens with one attached hydrogen (secondary N) is 1. The van der Waals surface area contributed by atoms with Crippen molar-refractivity contribution in [2.24, 2.45) is 0 Å². The number of ether oxygens (including phenoxy) is 2. The van der Waals surface area contributed by atoms with E-state index in [0.717, 1.165) is 5.56 Å². The van der Waals surface area contributed by atoms with Gasteiger partial charge in [-0.25, -0.2) is 9.59 Å². The highest BCUT2D eigenvalue weighted by molar-refractivity contribution is 5.94. The molecule has 1 aromatic heterocycles. The van der Waals surface area contributed by atoms with Gasteiger partial charge in [0.05, 0.1) is 18.1 Å². The van der Waals surface area contributed by atoms with E-state index in [2.05, 4.69) is 10.1 Å². The minimum Gasteiger partial charge on any atom is -0.483 e. The number of hydrogen-bond acceptors (Lipinski definition) is 6. The summed E-state index contributed by atoms with van der Waals surface area (Å²) in [5, 5.41) is 3.35. The number of fused-ring (bicyclic) bond motifs is 1. The molecule has 1 N–H and O–H groups in total. The van der Waals surface area contributed by atoms with Gasteiger partial charge >= 0.3 is 11.6 Å². The van der Waals surface area contributed by atoms with E-state index in [4.69, 9.17) is 9.15 Å². The number of methoxy groups -OCH3 is 1. The monoisotopic (exact) mass is 381 g/mol. The lowest BCUT2D eigenvalue weighted by atomic mass is 10.1. The molecule has 0 aliphatic carbocycles. The van der Waals surface area contributed by atoms with Gasteiger partial charge in [-0.05, 0) is 61.4 Å². The van der Waals surface area contributed by atoms with Gasteiger partial charge < -0.3 is 19.2 Å². The first-order chi connectivity index (χ1) is 13.4. The normalized spacial score (nSPS) is 10.5. The van der Waals surface area contributed by atoms with Crippen LogP contribution in [-0.4, -0.2) is 25.6 Å². The van der Waals surface area contributed by atoms with Crippen molar-refractivity contribution >= 4 is 28.5 Å². The van der Waals surface area contributed by atoms with Gasteiger partial charge in [0, 0.05) is 11.8 Å². The quantitative estimate of drug-likeness (QED) is 0.539. The van der Waals surface area contributed by atoms with Crippen LogP contribution in [0.15, 0.2) is 51.7 Å². The van der Waals surface area contributed by atoms with Crippen molar-refractivity contribution in [2.75, 3.05) is 19.0 Å². The Labute approximate surface area is 160 Å². The summed E-state index contributed by atoms with van der Waals surface area (Å²) in [5.74, 6) is -0.350. The van der Waals surface area contributed by atoms with Crippen molar-refractivity contribution in [2.45, 2.75) is 13.8 Å². The largest absolute Gasteiger partial charge is 0.483 e. The number of amides is 1. The van der Waals surface area contributed by atoms with Crippen molar-refractivity contribution in [3.8, 4) is 5.75 Å². The Morgan fingerprint density at radius 2 is 1.79 bits per heavy atom. The summed E-state index contributed by atoms with van der Waals surface area (Å²) in [6.07, 6.45) is 0. The Bertz CT molecular complexity index is 1100. The Balaban J connectivity index is 1.73. The molecule has 0 atom stereocenters. The molecule has 0 radical (unpaired) electrons. The lowest BCUT2D eigenvalue weighted by Crippen LogP contribution is -2.20. The van der Waals surface area contributed by atoms with E-state index >= 15 is 0 Å². The number of carbonyl (C=O) groups excluding carboxylic acids is 2. The number of aryl methyl sites for hydroxylation is 2. The predicted molar refractivity (Wildman–Crippen MR) is 104 cm³/mol. The summed E-state index contributed by atoms with van der Waals surface area (Å²) in [4.78, 5) is 35.2. The number of carbonyl (C=O) groups is 2. The van der Waals surface area contributed by atoms with Crippen molar-refractivity contribution in [3.05, 3.63) is 69.6 Å². The smallest absolute Gasteiger partial charge is 0.337 e. The third-order valence-electron chi connectivity index (χ3n) is 4.10. The van der Waals surface area contributed by atoms with Gasteiger partial charge in [-0.1, -0.05) is 0 Å². The second kappa shape index (κ2) is 7.96. The first-order valence-corrected chi connectivity index (χ1v) is 8.53. The van der Waals surface area contributed by atoms with Gasteiger partial charge in [0.25, 0.3) is 5.91 Å². The highest BCUT2D eigenvalue weighted by Gasteiger charge is 2.12. The molecule has 3 aromatic rings. The molecular formula is C21H19NO6. The van der Waals surface area contributed by atoms with Crippen LogP contribution in [0.3, 0.4) is 0 Å². The molecule has 144 valence electrons. The van der Waals surface area contributed by atoms with Gasteiger partial charge in [0.2, 0.25) is 0 Å². The fraction of sp³-hybridized carbons (Fsp3) is 0.190. The molecule has 0 bridgehead atoms. The first kappa shape index (κ1) is 19.2. The summed E-state index contributed by atoms with van der Waals surface area (Å²) in [7, 11) is 1.30. The average molecular weight is 381 g/mol. The van der Waals surface area contributed by atoms with Crippen LogP contribution in [0.25, 0.3) is 11.0 Å². The maximum absolute atomic E-state index is 12.2. The summed E-state index contributed by atoms with van der Waals surface area (Å²) >= 11 is 0. The Kier molecular flexibility index (Phi) is 5.44. The number of benzene rings is 2. The van der Waals surface area contributed by atoms with E-state index in [-0.39, 0.29) is 12.5 Å². The van der Waals surface area contributed by atoms with Gasteiger partial charge in [0.15, 0.2) is 6.61 Å². The van der Waals surface area contributed by atoms with E-state index in [9.17, 15) is 14.4 Å². The van der Waals surface area contributed by atoms with Gasteiger partial charge in [-0.2, -0.15) is 0 Å². The number of anilines is 1. The second-order valence-corrected chi connectivity index (χ2v) is 6.29. The van der Waals surface area contributed by atoms with Crippen molar-refractivity contribution in [1.82, 2.24) is 0 Å². The van der Waals surface area contributed by atoms with Crippen LogP contribution in [0.5, 0.6) is 5.75 Å². The van der Waals surface area contributed by atoms with Gasteiger partial charge in [-0.15, -0.1) is 0 Å². The molecule has 0 fully saturated rings. The topological polar surface area (TPSA) is 94.8 Å². The van der Waals surface area contributed by atoms with Crippen LogP contribution >= 0.6 is 0 Å². The minimum atomic E-state index is -0.449. The van der Waals surface area contributed by atoms with Crippen molar-refractivity contribution < 1.29 is 23.5 Å². The van der Waals surface area contributed by atoms with E-state index in [1.54, 1.807) is 43.3 Å². The summed E-state index contributed by atoms with van der Waals surface area (Å²) < 4.78 is 15.6. The highest BCUT2D eigenvalue weighted by atomic mass is 16.5. The molecular weight excluding hydrogens is 362 g/mol. The lowest BCUT2D eigenvalue weighted by molar-refractivity contribution is -0.118. The number of rotatable bonds is 5. The molecule has 28 heavy (non-hydrogen) atoms. The zero-order chi connectivity index (χ0) is 20.3. The molecule has 3 rings (SSSR count). The summed E-state index contributed by atoms with van der Waals surface area (Å²) in [6.45, 7) is 3.40. The Morgan fingerprint density at radius 3 is 2.46 bits per heavy atom. The lowest BCUT2D eigenvalue weighted by Gasteiger charge is -2.12. The Morgan fingerprint density at radius 1 is 1.07 bits per heavy atom. The predicted octanol–water partition coefficient (Wildman–Crippen LogP) is 3.21. The van der Waals surface area contributed by atoms with Crippen molar-refractivity contribution in [1.29, 1.82) is 0 Å². The fourth-order valence-corrected chi connectivity index (χ4v) is 2.84. The van der Waals surface area contributed by atoms with Gasteiger partial charge in [-0.3, -0.25) is 4.79 Å². The molecule has 0 aliphatic heterocycles. The number of esters is 1. The third kappa shape index (κ3) is 4.20. The zero-order valence-electron chi connectivity index (χ0n) is 15.7. The van der Waals surface area contributed by atoms with Crippen LogP contribution in [0.4, 0.5) is 5.69 Å². The Hall–Kier alpha value is -3.61. The van der Waals surface area contributed by atoms with E-state index in [1.165, 1.54) is 13.2 Å². The van der Waals surface area contributed by atoms with Crippen LogP contribution < -0.4 is 15.7 Å². The minimum absolute atomic E-state index is 0.226. The van der Waals surface area contributed by atoms with Crippen molar-refractivity contribution in [3.63, 3.8) is 0 Å². The van der Waals surface area contributed by atoms with Crippen LogP contribution in [0.2, 0.25) is 0 Å². The highest BCUT2D eigenvalue weighted by Crippen LogP contribution is 2.29. The molecule has 1 heterocycles. The number of hydrogen-bond donors (Lipinski definition) is 1. The fourth-order valence-electron chi connectivity index (χ4n) is 2.84. The van der Waals surface area contributed by atoms with E-state index in [0.29, 0.717) is 33.5 Å². The molecule has 0 saturated carbocycles. The SMILES string of the molecule is COC(=O)c1ccc(NC(=O)COc2cc(C)cc3oc(=O)cc(C)c23)cc1. The molecule has 7 heteroatoms. The van der Waals surface area contributed by atoms with Crippen LogP contribution in [0.1, 0.15) is 21.5 Å². The molecule has 0 unspecified atom stereocenters. The molecule has 1 amide bonds. The summed E-state index contributed by atoms with van der Waals surface area (Å²) in [5.41, 5.74) is 2.45. The summed E-state index contributed by atoms with van der Waals surface area (Å²) in [6, 6.07) is 11.2. The third-order valence-corrected chi connectivity index (χ3v) is 4.10. The maximum Gasteiger partial charge on any atom is 0.337 e. The zero-order valence-corrected chi connectivity index (χ0v) is 15.7. The molecule has 0 spiro atoms. The van der Waals surface area contributed by atoms with E-state index in [1.807, 2.05) is 6.92 Å². The first-order valence-electron chi connectivity index (χ1n) is 8.53. The molecule has 2 aromatic carbocycles. The standard InChI is InChI=1S/C21H19NO6/c1-12-8-16(20-13(2)10-19(24)28-17(20)9-12)27-11-18(23)22-15-6-4-14(5-7-15)21(25)26-3/h4-10H,11H2,1-3H3,(H,22,23). The van der Waals surface area contributed by atoms with E-state index < -0.39 is 11.6 Å².